The molecule has 0 radical (unpaired) electrons. The fourth-order valence-corrected chi connectivity index (χ4v) is 3.60. The Bertz CT molecular complexity index is 980. The minimum Gasteiger partial charge on any atom is -0.462 e. The van der Waals surface area contributed by atoms with Crippen LogP contribution >= 0.6 is 11.3 Å². The highest BCUT2D eigenvalue weighted by Gasteiger charge is 2.19. The fraction of sp³-hybridized carbons (Fsp3) is 0.286. The number of carbonyl (C=O) groups excluding carboxylic acids is 3. The Morgan fingerprint density at radius 1 is 1.13 bits per heavy atom. The Balaban J connectivity index is 1.53. The standard InChI is InChI=1S/C21H21NO7S/c1-3-14-10-15(21(25)26-4-2)20(30-14)22-18(23)11-27-19(24)8-6-13-5-7-16-17(9-13)29-12-28-16/h5-10H,3-4,11-12H2,1-2H3,(H,22,23). The van der Waals surface area contributed by atoms with Crippen LogP contribution in [0.15, 0.2) is 30.3 Å². The van der Waals surface area contributed by atoms with Crippen LogP contribution in [0.2, 0.25) is 0 Å². The van der Waals surface area contributed by atoms with Crippen molar-refractivity contribution >= 4 is 40.3 Å². The summed E-state index contributed by atoms with van der Waals surface area (Å²) in [5.74, 6) is -0.478. The van der Waals surface area contributed by atoms with Gasteiger partial charge in [-0.2, -0.15) is 0 Å². The zero-order chi connectivity index (χ0) is 21.5. The number of esters is 2. The number of thiophene rings is 1. The number of hydrogen-bond acceptors (Lipinski definition) is 8. The van der Waals surface area contributed by atoms with Crippen molar-refractivity contribution in [2.45, 2.75) is 20.3 Å². The normalized spacial score (nSPS) is 12.1. The maximum Gasteiger partial charge on any atom is 0.341 e. The van der Waals surface area contributed by atoms with Gasteiger partial charge < -0.3 is 24.3 Å². The van der Waals surface area contributed by atoms with E-state index in [1.807, 2.05) is 6.92 Å². The summed E-state index contributed by atoms with van der Waals surface area (Å²) < 4.78 is 20.5. The molecule has 0 fully saturated rings. The fourth-order valence-electron chi connectivity index (χ4n) is 2.60. The maximum atomic E-state index is 12.2. The van der Waals surface area contributed by atoms with Gasteiger partial charge in [-0.1, -0.05) is 13.0 Å². The van der Waals surface area contributed by atoms with Crippen molar-refractivity contribution in [3.63, 3.8) is 0 Å². The molecule has 0 bridgehead atoms. The summed E-state index contributed by atoms with van der Waals surface area (Å²) in [5.41, 5.74) is 1.02. The highest BCUT2D eigenvalue weighted by atomic mass is 32.1. The van der Waals surface area contributed by atoms with E-state index in [4.69, 9.17) is 18.9 Å². The predicted molar refractivity (Wildman–Crippen MR) is 111 cm³/mol. The van der Waals surface area contributed by atoms with Crippen molar-refractivity contribution in [2.24, 2.45) is 0 Å². The van der Waals surface area contributed by atoms with Gasteiger partial charge in [-0.25, -0.2) is 9.59 Å². The first-order valence-corrected chi connectivity index (χ1v) is 10.2. The Morgan fingerprint density at radius 2 is 1.93 bits per heavy atom. The molecule has 1 amide bonds. The molecule has 0 spiro atoms. The maximum absolute atomic E-state index is 12.2. The average Bonchev–Trinajstić information content (AvgIpc) is 3.37. The minimum atomic E-state index is -0.672. The van der Waals surface area contributed by atoms with Gasteiger partial charge in [-0.05, 0) is 43.2 Å². The molecular formula is C21H21NO7S. The lowest BCUT2D eigenvalue weighted by molar-refractivity contribution is -0.142. The van der Waals surface area contributed by atoms with Crippen LogP contribution < -0.4 is 14.8 Å². The molecule has 1 N–H and O–H groups in total. The van der Waals surface area contributed by atoms with Crippen LogP contribution in [-0.2, 0) is 25.5 Å². The second-order valence-corrected chi connectivity index (χ2v) is 7.27. The molecule has 0 saturated heterocycles. The lowest BCUT2D eigenvalue weighted by Crippen LogP contribution is -2.20. The van der Waals surface area contributed by atoms with E-state index in [1.54, 1.807) is 37.3 Å². The molecule has 0 aliphatic carbocycles. The number of nitrogens with one attached hydrogen (secondary N) is 1. The van der Waals surface area contributed by atoms with Crippen LogP contribution in [0, 0.1) is 0 Å². The van der Waals surface area contributed by atoms with Crippen LogP contribution in [0.5, 0.6) is 11.5 Å². The van der Waals surface area contributed by atoms with E-state index in [9.17, 15) is 14.4 Å². The first-order chi connectivity index (χ1) is 14.5. The van der Waals surface area contributed by atoms with E-state index in [1.165, 1.54) is 17.4 Å². The summed E-state index contributed by atoms with van der Waals surface area (Å²) in [7, 11) is 0. The molecule has 3 rings (SSSR count). The molecule has 30 heavy (non-hydrogen) atoms. The van der Waals surface area contributed by atoms with Gasteiger partial charge in [0.1, 0.15) is 5.00 Å². The van der Waals surface area contributed by atoms with E-state index in [0.717, 1.165) is 10.4 Å². The first-order valence-electron chi connectivity index (χ1n) is 9.34. The van der Waals surface area contributed by atoms with Crippen LogP contribution in [0.1, 0.15) is 34.6 Å². The number of aryl methyl sites for hydroxylation is 1. The molecule has 1 aromatic heterocycles. The van der Waals surface area contributed by atoms with Crippen LogP contribution in [0.4, 0.5) is 5.00 Å². The van der Waals surface area contributed by atoms with Gasteiger partial charge in [-0.15, -0.1) is 11.3 Å². The van der Waals surface area contributed by atoms with Gasteiger partial charge in [0, 0.05) is 11.0 Å². The molecule has 0 unspecified atom stereocenters. The molecule has 158 valence electrons. The van der Waals surface area contributed by atoms with Crippen molar-refractivity contribution < 1.29 is 33.3 Å². The van der Waals surface area contributed by atoms with Gasteiger partial charge in [0.15, 0.2) is 18.1 Å². The summed E-state index contributed by atoms with van der Waals surface area (Å²) in [5, 5.41) is 2.99. The van der Waals surface area contributed by atoms with Gasteiger partial charge in [-0.3, -0.25) is 4.79 Å². The quantitative estimate of drug-likeness (QED) is 0.505. The predicted octanol–water partition coefficient (Wildman–Crippen LogP) is 3.41. The monoisotopic (exact) mass is 431 g/mol. The molecule has 2 heterocycles. The van der Waals surface area contributed by atoms with Gasteiger partial charge in [0.05, 0.1) is 12.2 Å². The van der Waals surface area contributed by atoms with Crippen molar-refractivity contribution in [3.05, 3.63) is 46.3 Å². The lowest BCUT2D eigenvalue weighted by Gasteiger charge is -2.06. The Kier molecular flexibility index (Phi) is 7.08. The third kappa shape index (κ3) is 5.38. The number of benzene rings is 1. The van der Waals surface area contributed by atoms with E-state index in [2.05, 4.69) is 5.32 Å². The molecule has 9 heteroatoms. The average molecular weight is 431 g/mol. The van der Waals surface area contributed by atoms with E-state index < -0.39 is 24.5 Å². The summed E-state index contributed by atoms with van der Waals surface area (Å²) >= 11 is 1.28. The van der Waals surface area contributed by atoms with Gasteiger partial charge >= 0.3 is 11.9 Å². The first kappa shape index (κ1) is 21.4. The van der Waals surface area contributed by atoms with E-state index in [0.29, 0.717) is 28.5 Å². The highest BCUT2D eigenvalue weighted by Crippen LogP contribution is 2.33. The van der Waals surface area contributed by atoms with Crippen molar-refractivity contribution in [1.82, 2.24) is 0 Å². The molecule has 1 aliphatic rings. The zero-order valence-corrected chi connectivity index (χ0v) is 17.4. The third-order valence-electron chi connectivity index (χ3n) is 4.03. The molecule has 0 saturated carbocycles. The van der Waals surface area contributed by atoms with Crippen molar-refractivity contribution in [2.75, 3.05) is 25.3 Å². The number of ether oxygens (including phenoxy) is 4. The number of rotatable bonds is 8. The zero-order valence-electron chi connectivity index (χ0n) is 16.6. The largest absolute Gasteiger partial charge is 0.462 e. The van der Waals surface area contributed by atoms with Gasteiger partial charge in [0.25, 0.3) is 5.91 Å². The number of fused-ring (bicyclic) bond motifs is 1. The smallest absolute Gasteiger partial charge is 0.341 e. The topological polar surface area (TPSA) is 100 Å². The second-order valence-electron chi connectivity index (χ2n) is 6.13. The number of anilines is 1. The van der Waals surface area contributed by atoms with Gasteiger partial charge in [0.2, 0.25) is 6.79 Å². The third-order valence-corrected chi connectivity index (χ3v) is 5.23. The Hall–Kier alpha value is -3.33. The molecule has 8 nitrogen and oxygen atoms in total. The van der Waals surface area contributed by atoms with E-state index in [-0.39, 0.29) is 13.4 Å². The molecular weight excluding hydrogens is 410 g/mol. The van der Waals surface area contributed by atoms with Crippen molar-refractivity contribution in [1.29, 1.82) is 0 Å². The molecule has 1 aliphatic heterocycles. The number of amides is 1. The van der Waals surface area contributed by atoms with E-state index >= 15 is 0 Å². The summed E-state index contributed by atoms with van der Waals surface area (Å²) in [6.45, 7) is 3.57. The van der Waals surface area contributed by atoms with Crippen LogP contribution in [0.3, 0.4) is 0 Å². The Labute approximate surface area is 177 Å². The number of hydrogen-bond donors (Lipinski definition) is 1. The SMILES string of the molecule is CCOC(=O)c1cc(CC)sc1NC(=O)COC(=O)C=Cc1ccc2c(c1)OCO2. The number of carbonyl (C=O) groups is 3. The molecule has 0 atom stereocenters. The molecule has 2 aromatic rings. The summed E-state index contributed by atoms with van der Waals surface area (Å²) in [4.78, 5) is 37.0. The second kappa shape index (κ2) is 9.93. The van der Waals surface area contributed by atoms with Crippen LogP contribution in [-0.4, -0.2) is 37.9 Å². The lowest BCUT2D eigenvalue weighted by atomic mass is 10.2. The Morgan fingerprint density at radius 3 is 2.70 bits per heavy atom. The minimum absolute atomic E-state index is 0.168. The summed E-state index contributed by atoms with van der Waals surface area (Å²) in [6.07, 6.45) is 3.48. The molecule has 1 aromatic carbocycles. The van der Waals surface area contributed by atoms with Crippen LogP contribution in [0.25, 0.3) is 6.08 Å². The van der Waals surface area contributed by atoms with Crippen molar-refractivity contribution in [3.8, 4) is 11.5 Å². The summed E-state index contributed by atoms with van der Waals surface area (Å²) in [6, 6.07) is 6.94. The highest BCUT2D eigenvalue weighted by molar-refractivity contribution is 7.16.